The molecule has 1 aliphatic carbocycles. The average molecular weight is 465 g/mol. The summed E-state index contributed by atoms with van der Waals surface area (Å²) in [6.45, 7) is 2.79. The van der Waals surface area contributed by atoms with E-state index in [0.29, 0.717) is 23.1 Å². The molecule has 34 heavy (non-hydrogen) atoms. The van der Waals surface area contributed by atoms with Crippen molar-refractivity contribution < 1.29 is 9.59 Å². The molecule has 12 nitrogen and oxygen atoms in total. The third-order valence-electron chi connectivity index (χ3n) is 6.41. The normalized spacial score (nSPS) is 20.2. The zero-order chi connectivity index (χ0) is 23.8. The Morgan fingerprint density at radius 3 is 2.76 bits per heavy atom. The van der Waals surface area contributed by atoms with E-state index in [1.54, 1.807) is 30.3 Å². The lowest BCUT2D eigenvalue weighted by molar-refractivity contribution is 0.0918. The second kappa shape index (κ2) is 8.76. The highest BCUT2D eigenvalue weighted by Crippen LogP contribution is 2.39. The minimum atomic E-state index is -0.674. The summed E-state index contributed by atoms with van der Waals surface area (Å²) < 4.78 is 1.64. The third-order valence-corrected chi connectivity index (χ3v) is 6.41. The van der Waals surface area contributed by atoms with Crippen molar-refractivity contribution in [1.82, 2.24) is 35.3 Å². The Labute approximate surface area is 196 Å². The Balaban J connectivity index is 1.33. The van der Waals surface area contributed by atoms with Crippen LogP contribution in [0.25, 0.3) is 0 Å². The molecule has 2 fully saturated rings. The Morgan fingerprint density at radius 1 is 1.24 bits per heavy atom. The van der Waals surface area contributed by atoms with Gasteiger partial charge in [0, 0.05) is 43.5 Å². The number of H-pyrrole nitrogens is 1. The first kappa shape index (κ1) is 21.9. The number of aryl methyl sites for hydroxylation is 1. The summed E-state index contributed by atoms with van der Waals surface area (Å²) >= 11 is 0. The maximum Gasteiger partial charge on any atom is 0.272 e. The minimum absolute atomic E-state index is 0.0421. The highest BCUT2D eigenvalue weighted by Gasteiger charge is 2.32. The standard InChI is InChI=1S/C22H28N10O2/c1-12-15(27-22(34)17-8-16(29-30-17)13-5-6-13)4-3-7-32(12)18-10-24-19(20(23)33)21(28-18)26-14-9-25-31(2)11-14/h8-13,15H,3-7H2,1-2H3,(H2,23,33)(H,26,28)(H,27,34)(H,29,30)/t12-,15-/m1/s1. The van der Waals surface area contributed by atoms with E-state index in [2.05, 4.69) is 40.8 Å². The van der Waals surface area contributed by atoms with Crippen molar-refractivity contribution in [3.8, 4) is 0 Å². The van der Waals surface area contributed by atoms with Gasteiger partial charge >= 0.3 is 0 Å². The van der Waals surface area contributed by atoms with Gasteiger partial charge in [-0.25, -0.2) is 9.97 Å². The third kappa shape index (κ3) is 4.43. The largest absolute Gasteiger partial charge is 0.364 e. The molecular formula is C22H28N10O2. The molecule has 0 bridgehead atoms. The van der Waals surface area contributed by atoms with Gasteiger partial charge in [-0.2, -0.15) is 10.2 Å². The zero-order valence-corrected chi connectivity index (χ0v) is 19.2. The number of primary amides is 1. The van der Waals surface area contributed by atoms with Crippen LogP contribution < -0.4 is 21.3 Å². The highest BCUT2D eigenvalue weighted by atomic mass is 16.2. The van der Waals surface area contributed by atoms with Gasteiger partial charge in [-0.1, -0.05) is 0 Å². The van der Waals surface area contributed by atoms with Crippen LogP contribution in [0, 0.1) is 0 Å². The van der Waals surface area contributed by atoms with Gasteiger partial charge < -0.3 is 21.3 Å². The number of carbonyl (C=O) groups excluding carboxylic acids is 2. The molecule has 0 radical (unpaired) electrons. The fourth-order valence-electron chi connectivity index (χ4n) is 4.37. The monoisotopic (exact) mass is 464 g/mol. The first-order valence-electron chi connectivity index (χ1n) is 11.4. The molecule has 5 rings (SSSR count). The first-order valence-corrected chi connectivity index (χ1v) is 11.4. The van der Waals surface area contributed by atoms with Crippen molar-refractivity contribution in [2.24, 2.45) is 12.8 Å². The lowest BCUT2D eigenvalue weighted by Crippen LogP contribution is -2.54. The van der Waals surface area contributed by atoms with Gasteiger partial charge in [0.05, 0.1) is 18.1 Å². The molecular weight excluding hydrogens is 436 g/mol. The topological polar surface area (TPSA) is 160 Å². The summed E-state index contributed by atoms with van der Waals surface area (Å²) in [5, 5.41) is 17.5. The Morgan fingerprint density at radius 2 is 2.06 bits per heavy atom. The van der Waals surface area contributed by atoms with Crippen LogP contribution in [0.1, 0.15) is 65.2 Å². The molecule has 1 saturated heterocycles. The number of piperidine rings is 1. The van der Waals surface area contributed by atoms with E-state index >= 15 is 0 Å². The number of hydrogen-bond donors (Lipinski definition) is 4. The van der Waals surface area contributed by atoms with Gasteiger partial charge in [0.2, 0.25) is 0 Å². The van der Waals surface area contributed by atoms with Gasteiger partial charge in [-0.05, 0) is 38.7 Å². The number of nitrogens with two attached hydrogens (primary N) is 1. The van der Waals surface area contributed by atoms with Crippen LogP contribution in [0.2, 0.25) is 0 Å². The van der Waals surface area contributed by atoms with Gasteiger partial charge in [0.15, 0.2) is 11.5 Å². The van der Waals surface area contributed by atoms with Crippen LogP contribution in [0.4, 0.5) is 17.3 Å². The summed E-state index contributed by atoms with van der Waals surface area (Å²) in [6, 6.07) is 1.72. The summed E-state index contributed by atoms with van der Waals surface area (Å²) in [5.74, 6) is 0.511. The summed E-state index contributed by atoms with van der Waals surface area (Å²) in [7, 11) is 1.79. The van der Waals surface area contributed by atoms with Crippen LogP contribution in [0.5, 0.6) is 0 Å². The number of aromatic amines is 1. The number of nitrogens with zero attached hydrogens (tertiary/aromatic N) is 6. The second-order valence-electron chi connectivity index (χ2n) is 8.96. The van der Waals surface area contributed by atoms with Crippen molar-refractivity contribution in [3.05, 3.63) is 41.7 Å². The number of nitrogens with one attached hydrogen (secondary N) is 3. The lowest BCUT2D eigenvalue weighted by Gasteiger charge is -2.40. The van der Waals surface area contributed by atoms with E-state index in [1.807, 2.05) is 13.0 Å². The quantitative estimate of drug-likeness (QED) is 0.409. The zero-order valence-electron chi connectivity index (χ0n) is 19.2. The SMILES string of the molecule is C[C@@H]1[C@H](NC(=O)c2cc(C3CC3)[nH]n2)CCCN1c1cnc(C(N)=O)c(Nc2cnn(C)c2)n1. The summed E-state index contributed by atoms with van der Waals surface area (Å²) in [5.41, 5.74) is 7.67. The summed E-state index contributed by atoms with van der Waals surface area (Å²) in [4.78, 5) is 35.8. The van der Waals surface area contributed by atoms with E-state index in [9.17, 15) is 9.59 Å². The number of carbonyl (C=O) groups is 2. The predicted octanol–water partition coefficient (Wildman–Crippen LogP) is 1.44. The lowest BCUT2D eigenvalue weighted by atomic mass is 9.97. The smallest absolute Gasteiger partial charge is 0.272 e. The van der Waals surface area contributed by atoms with Crippen molar-refractivity contribution in [2.45, 2.75) is 50.6 Å². The van der Waals surface area contributed by atoms with Gasteiger partial charge in [0.1, 0.15) is 11.5 Å². The fraction of sp³-hybridized carbons (Fsp3) is 0.455. The van der Waals surface area contributed by atoms with Gasteiger partial charge in [-0.15, -0.1) is 0 Å². The van der Waals surface area contributed by atoms with Crippen molar-refractivity contribution in [2.75, 3.05) is 16.8 Å². The van der Waals surface area contributed by atoms with Crippen LogP contribution in [-0.4, -0.2) is 60.4 Å². The highest BCUT2D eigenvalue weighted by molar-refractivity contribution is 5.96. The fourth-order valence-corrected chi connectivity index (χ4v) is 4.37. The van der Waals surface area contributed by atoms with Crippen molar-refractivity contribution in [1.29, 1.82) is 0 Å². The molecule has 3 aromatic rings. The van der Waals surface area contributed by atoms with E-state index in [-0.39, 0.29) is 29.5 Å². The van der Waals surface area contributed by atoms with Crippen molar-refractivity contribution >= 4 is 29.1 Å². The molecule has 0 aromatic carbocycles. The van der Waals surface area contributed by atoms with Crippen LogP contribution in [0.3, 0.4) is 0 Å². The molecule has 0 unspecified atom stereocenters. The van der Waals surface area contributed by atoms with Crippen LogP contribution in [-0.2, 0) is 7.05 Å². The molecule has 0 spiro atoms. The number of hydrogen-bond acceptors (Lipinski definition) is 8. The van der Waals surface area contributed by atoms with Crippen molar-refractivity contribution in [3.63, 3.8) is 0 Å². The molecule has 2 aliphatic rings. The second-order valence-corrected chi connectivity index (χ2v) is 8.96. The van der Waals surface area contributed by atoms with E-state index in [0.717, 1.165) is 37.9 Å². The Kier molecular flexibility index (Phi) is 5.64. The van der Waals surface area contributed by atoms with Gasteiger partial charge in [-0.3, -0.25) is 19.4 Å². The van der Waals surface area contributed by atoms with E-state index in [4.69, 9.17) is 5.73 Å². The molecule has 1 aliphatic heterocycles. The molecule has 3 aromatic heterocycles. The number of aromatic nitrogens is 6. The maximum absolute atomic E-state index is 12.8. The maximum atomic E-state index is 12.8. The van der Waals surface area contributed by atoms with Crippen LogP contribution in [0.15, 0.2) is 24.7 Å². The number of anilines is 3. The molecule has 2 atom stereocenters. The molecule has 5 N–H and O–H groups in total. The average Bonchev–Trinajstić information content (AvgIpc) is 3.39. The summed E-state index contributed by atoms with van der Waals surface area (Å²) in [6.07, 6.45) is 8.93. The Bertz CT molecular complexity index is 1210. The predicted molar refractivity (Wildman–Crippen MR) is 125 cm³/mol. The molecule has 12 heteroatoms. The molecule has 1 saturated carbocycles. The number of rotatable bonds is 7. The number of amides is 2. The van der Waals surface area contributed by atoms with Gasteiger partial charge in [0.25, 0.3) is 11.8 Å². The molecule has 2 amide bonds. The molecule has 178 valence electrons. The Hall–Kier alpha value is -3.96. The van der Waals surface area contributed by atoms with E-state index in [1.165, 1.54) is 0 Å². The van der Waals surface area contributed by atoms with Crippen LogP contribution >= 0.6 is 0 Å². The minimum Gasteiger partial charge on any atom is -0.364 e. The molecule has 4 heterocycles. The first-order chi connectivity index (χ1) is 16.4. The van der Waals surface area contributed by atoms with E-state index < -0.39 is 5.91 Å².